The highest BCUT2D eigenvalue weighted by molar-refractivity contribution is 6.32. The van der Waals surface area contributed by atoms with E-state index in [0.29, 0.717) is 12.1 Å². The lowest BCUT2D eigenvalue weighted by Gasteiger charge is -2.17. The van der Waals surface area contributed by atoms with Gasteiger partial charge in [-0.25, -0.2) is 4.79 Å². The van der Waals surface area contributed by atoms with Crippen molar-refractivity contribution in [1.29, 1.82) is 0 Å². The van der Waals surface area contributed by atoms with E-state index in [1.54, 1.807) is 18.2 Å². The van der Waals surface area contributed by atoms with Crippen LogP contribution in [0, 0.1) is 0 Å². The van der Waals surface area contributed by atoms with Crippen molar-refractivity contribution < 1.29 is 14.6 Å². The monoisotopic (exact) mass is 305 g/mol. The van der Waals surface area contributed by atoms with Crippen molar-refractivity contribution in [3.8, 4) is 5.75 Å². The molecule has 21 heavy (non-hydrogen) atoms. The lowest BCUT2D eigenvalue weighted by atomic mass is 10.1. The van der Waals surface area contributed by atoms with Crippen molar-refractivity contribution >= 4 is 17.6 Å². The molecule has 0 fully saturated rings. The molecular formula is C16H16ClNO3. The second-order valence-corrected chi connectivity index (χ2v) is 4.90. The summed E-state index contributed by atoms with van der Waals surface area (Å²) in [7, 11) is 1.34. The Morgan fingerprint density at radius 3 is 2.62 bits per heavy atom. The van der Waals surface area contributed by atoms with Gasteiger partial charge in [-0.15, -0.1) is 0 Å². The van der Waals surface area contributed by atoms with Crippen LogP contribution in [0.5, 0.6) is 5.75 Å². The van der Waals surface area contributed by atoms with Crippen molar-refractivity contribution in [2.45, 2.75) is 12.6 Å². The minimum Gasteiger partial charge on any atom is -0.506 e. The summed E-state index contributed by atoms with van der Waals surface area (Å²) in [5.41, 5.74) is 1.42. The van der Waals surface area contributed by atoms with Gasteiger partial charge in [0, 0.05) is 12.1 Å². The fraction of sp³-hybridized carbons (Fsp3) is 0.188. The van der Waals surface area contributed by atoms with E-state index in [-0.39, 0.29) is 16.7 Å². The molecular weight excluding hydrogens is 290 g/mol. The smallest absolute Gasteiger partial charge is 0.327 e. The highest BCUT2D eigenvalue weighted by Gasteiger charge is 2.21. The number of phenolic OH excluding ortho intramolecular Hbond substituents is 1. The molecule has 0 bridgehead atoms. The predicted octanol–water partition coefficient (Wildman–Crippen LogP) is 3.05. The van der Waals surface area contributed by atoms with Crippen LogP contribution in [0.1, 0.15) is 17.2 Å². The highest BCUT2D eigenvalue weighted by Crippen LogP contribution is 2.27. The van der Waals surface area contributed by atoms with Gasteiger partial charge in [-0.2, -0.15) is 0 Å². The van der Waals surface area contributed by atoms with Crippen LogP contribution in [0.15, 0.2) is 48.5 Å². The second kappa shape index (κ2) is 7.11. The Morgan fingerprint density at radius 2 is 1.95 bits per heavy atom. The maximum atomic E-state index is 11.9. The number of ether oxygens (including phenoxy) is 1. The van der Waals surface area contributed by atoms with Gasteiger partial charge >= 0.3 is 5.97 Å². The van der Waals surface area contributed by atoms with E-state index in [9.17, 15) is 9.90 Å². The number of carbonyl (C=O) groups excluding carboxylic acids is 1. The van der Waals surface area contributed by atoms with Gasteiger partial charge in [0.15, 0.2) is 0 Å². The number of esters is 1. The molecule has 5 heteroatoms. The van der Waals surface area contributed by atoms with Gasteiger partial charge in [0.25, 0.3) is 0 Å². The summed E-state index contributed by atoms with van der Waals surface area (Å²) in [5, 5.41) is 13.2. The van der Waals surface area contributed by atoms with E-state index < -0.39 is 6.04 Å². The van der Waals surface area contributed by atoms with Crippen molar-refractivity contribution in [3.05, 3.63) is 64.7 Å². The number of hydrogen-bond donors (Lipinski definition) is 2. The number of methoxy groups -OCH3 is 1. The summed E-state index contributed by atoms with van der Waals surface area (Å²) in [5.74, 6) is -0.369. The zero-order chi connectivity index (χ0) is 15.2. The number of para-hydroxylation sites is 1. The van der Waals surface area contributed by atoms with Crippen LogP contribution in [0.2, 0.25) is 5.02 Å². The topological polar surface area (TPSA) is 58.6 Å². The van der Waals surface area contributed by atoms with Crippen molar-refractivity contribution in [2.75, 3.05) is 7.11 Å². The summed E-state index contributed by atoms with van der Waals surface area (Å²) in [4.78, 5) is 11.9. The molecule has 2 aromatic rings. The Bertz CT molecular complexity index is 616. The Kier molecular flexibility index (Phi) is 5.20. The van der Waals surface area contributed by atoms with Gasteiger partial charge in [0.05, 0.1) is 12.1 Å². The zero-order valence-electron chi connectivity index (χ0n) is 11.5. The molecule has 0 aliphatic carbocycles. The third-order valence-corrected chi connectivity index (χ3v) is 3.44. The minimum atomic E-state index is -0.602. The fourth-order valence-corrected chi connectivity index (χ4v) is 2.21. The van der Waals surface area contributed by atoms with E-state index in [1.165, 1.54) is 7.11 Å². The molecule has 0 saturated carbocycles. The van der Waals surface area contributed by atoms with Crippen LogP contribution < -0.4 is 5.32 Å². The molecule has 2 N–H and O–H groups in total. The second-order valence-electron chi connectivity index (χ2n) is 4.50. The molecule has 0 amide bonds. The molecule has 0 spiro atoms. The van der Waals surface area contributed by atoms with Crippen LogP contribution >= 0.6 is 11.6 Å². The highest BCUT2D eigenvalue weighted by atomic mass is 35.5. The van der Waals surface area contributed by atoms with Crippen molar-refractivity contribution in [1.82, 2.24) is 5.32 Å². The molecule has 0 aromatic heterocycles. The summed E-state index contributed by atoms with van der Waals surface area (Å²) >= 11 is 5.87. The normalized spacial score (nSPS) is 11.9. The molecule has 0 heterocycles. The first-order valence-electron chi connectivity index (χ1n) is 6.46. The van der Waals surface area contributed by atoms with Gasteiger partial charge in [0.2, 0.25) is 0 Å². The Balaban J connectivity index is 2.17. The molecule has 2 rings (SSSR count). The summed E-state index contributed by atoms with van der Waals surface area (Å²) < 4.78 is 4.82. The van der Waals surface area contributed by atoms with E-state index in [2.05, 4.69) is 5.32 Å². The first-order chi connectivity index (χ1) is 10.1. The lowest BCUT2D eigenvalue weighted by molar-refractivity contribution is -0.143. The van der Waals surface area contributed by atoms with E-state index in [4.69, 9.17) is 16.3 Å². The molecule has 1 unspecified atom stereocenters. The lowest BCUT2D eigenvalue weighted by Crippen LogP contribution is -2.29. The van der Waals surface area contributed by atoms with Crippen LogP contribution in [0.4, 0.5) is 0 Å². The molecule has 1 atom stereocenters. The molecule has 0 aliphatic heterocycles. The number of benzene rings is 2. The molecule has 0 radical (unpaired) electrons. The Hall–Kier alpha value is -2.04. The number of nitrogens with one attached hydrogen (secondary N) is 1. The van der Waals surface area contributed by atoms with Gasteiger partial charge in [0.1, 0.15) is 11.8 Å². The molecule has 0 saturated heterocycles. The van der Waals surface area contributed by atoms with Crippen LogP contribution in [-0.2, 0) is 16.1 Å². The van der Waals surface area contributed by atoms with Gasteiger partial charge in [-0.1, -0.05) is 54.1 Å². The van der Waals surface area contributed by atoms with E-state index >= 15 is 0 Å². The summed E-state index contributed by atoms with van der Waals surface area (Å²) in [6.45, 7) is 0.293. The quantitative estimate of drug-likeness (QED) is 0.834. The van der Waals surface area contributed by atoms with Gasteiger partial charge in [-0.05, 0) is 11.6 Å². The van der Waals surface area contributed by atoms with Gasteiger partial charge < -0.3 is 9.84 Å². The maximum Gasteiger partial charge on any atom is 0.327 e. The maximum absolute atomic E-state index is 11.9. The van der Waals surface area contributed by atoms with E-state index in [0.717, 1.165) is 5.56 Å². The molecule has 0 aliphatic rings. The summed E-state index contributed by atoms with van der Waals surface area (Å²) in [6, 6.07) is 13.7. The average Bonchev–Trinajstić information content (AvgIpc) is 2.52. The van der Waals surface area contributed by atoms with Crippen molar-refractivity contribution in [3.63, 3.8) is 0 Å². The Labute approximate surface area is 128 Å². The van der Waals surface area contributed by atoms with E-state index in [1.807, 2.05) is 30.3 Å². The number of hydrogen-bond acceptors (Lipinski definition) is 4. The van der Waals surface area contributed by atoms with Gasteiger partial charge in [-0.3, -0.25) is 5.32 Å². The van der Waals surface area contributed by atoms with Crippen molar-refractivity contribution in [2.24, 2.45) is 0 Å². The van der Waals surface area contributed by atoms with Crippen LogP contribution in [0.3, 0.4) is 0 Å². The molecule has 2 aromatic carbocycles. The predicted molar refractivity (Wildman–Crippen MR) is 81.2 cm³/mol. The first-order valence-corrected chi connectivity index (χ1v) is 6.83. The largest absolute Gasteiger partial charge is 0.506 e. The summed E-state index contributed by atoms with van der Waals surface area (Å²) in [6.07, 6.45) is 0. The SMILES string of the molecule is COC(=O)C(NCc1cccc(Cl)c1O)c1ccccc1. The number of rotatable bonds is 5. The standard InChI is InChI=1S/C16H16ClNO3/c1-21-16(20)14(11-6-3-2-4-7-11)18-10-12-8-5-9-13(17)15(12)19/h2-9,14,18-19H,10H2,1H3. The number of carbonyl (C=O) groups is 1. The number of halogens is 1. The third kappa shape index (κ3) is 3.74. The zero-order valence-corrected chi connectivity index (χ0v) is 12.3. The minimum absolute atomic E-state index is 0.0170. The third-order valence-electron chi connectivity index (χ3n) is 3.14. The van der Waals surface area contributed by atoms with Crippen LogP contribution in [-0.4, -0.2) is 18.2 Å². The molecule has 4 nitrogen and oxygen atoms in total. The number of aromatic hydroxyl groups is 1. The molecule has 110 valence electrons. The average molecular weight is 306 g/mol. The Morgan fingerprint density at radius 1 is 1.24 bits per heavy atom. The van der Waals surface area contributed by atoms with Crippen LogP contribution in [0.25, 0.3) is 0 Å². The number of phenols is 1. The fourth-order valence-electron chi connectivity index (χ4n) is 2.02. The first kappa shape index (κ1) is 15.4.